The number of hydrogen-bond donors (Lipinski definition) is 1. The Morgan fingerprint density at radius 1 is 1.09 bits per heavy atom. The number of halogens is 1. The maximum Gasteiger partial charge on any atom is 0.260 e. The second-order valence-corrected chi connectivity index (χ2v) is 5.20. The predicted octanol–water partition coefficient (Wildman–Crippen LogP) is 3.43. The standard InChI is InChI=1S/C17H18ClNO3/c1-12(17(20)19-2)22-16-7-3-13(4-8-16)11-21-15-9-5-14(18)6-10-15/h3-10,12H,11H2,1-2H3,(H,19,20). The predicted molar refractivity (Wildman–Crippen MR) is 86.4 cm³/mol. The quantitative estimate of drug-likeness (QED) is 0.887. The lowest BCUT2D eigenvalue weighted by Crippen LogP contribution is -2.33. The smallest absolute Gasteiger partial charge is 0.260 e. The molecule has 0 spiro atoms. The lowest BCUT2D eigenvalue weighted by molar-refractivity contribution is -0.126. The van der Waals surface area contributed by atoms with E-state index in [2.05, 4.69) is 5.32 Å². The Kier molecular flexibility index (Phi) is 5.67. The van der Waals surface area contributed by atoms with Crippen LogP contribution in [0.2, 0.25) is 5.02 Å². The summed E-state index contributed by atoms with van der Waals surface area (Å²) in [4.78, 5) is 11.4. The zero-order valence-electron chi connectivity index (χ0n) is 12.5. The zero-order chi connectivity index (χ0) is 15.9. The van der Waals surface area contributed by atoms with Crippen LogP contribution in [0, 0.1) is 0 Å². The molecule has 0 aliphatic carbocycles. The number of nitrogens with one attached hydrogen (secondary N) is 1. The average Bonchev–Trinajstić information content (AvgIpc) is 2.55. The van der Waals surface area contributed by atoms with Crippen molar-refractivity contribution >= 4 is 17.5 Å². The summed E-state index contributed by atoms with van der Waals surface area (Å²) in [6, 6.07) is 14.7. The third-order valence-electron chi connectivity index (χ3n) is 3.07. The Morgan fingerprint density at radius 2 is 1.68 bits per heavy atom. The molecule has 1 N–H and O–H groups in total. The van der Waals surface area contributed by atoms with Crippen LogP contribution >= 0.6 is 11.6 Å². The highest BCUT2D eigenvalue weighted by atomic mass is 35.5. The normalized spacial score (nSPS) is 11.6. The Balaban J connectivity index is 1.89. The minimum Gasteiger partial charge on any atom is -0.489 e. The van der Waals surface area contributed by atoms with Crippen LogP contribution in [-0.4, -0.2) is 19.1 Å². The number of hydrogen-bond acceptors (Lipinski definition) is 3. The van der Waals surface area contributed by atoms with Crippen LogP contribution in [0.15, 0.2) is 48.5 Å². The lowest BCUT2D eigenvalue weighted by Gasteiger charge is -2.13. The number of rotatable bonds is 6. The van der Waals surface area contributed by atoms with Crippen LogP contribution in [0.25, 0.3) is 0 Å². The number of carbonyl (C=O) groups is 1. The van der Waals surface area contributed by atoms with E-state index in [9.17, 15) is 4.79 Å². The van der Waals surface area contributed by atoms with Crippen molar-refractivity contribution in [2.24, 2.45) is 0 Å². The molecule has 2 aromatic carbocycles. The molecule has 0 bridgehead atoms. The van der Waals surface area contributed by atoms with Gasteiger partial charge in [-0.25, -0.2) is 0 Å². The van der Waals surface area contributed by atoms with E-state index >= 15 is 0 Å². The molecule has 22 heavy (non-hydrogen) atoms. The maximum atomic E-state index is 11.4. The first-order chi connectivity index (χ1) is 10.6. The molecule has 0 heterocycles. The fourth-order valence-electron chi connectivity index (χ4n) is 1.82. The summed E-state index contributed by atoms with van der Waals surface area (Å²) in [5.41, 5.74) is 1.01. The topological polar surface area (TPSA) is 47.6 Å². The molecule has 1 unspecified atom stereocenters. The first kappa shape index (κ1) is 16.2. The second kappa shape index (κ2) is 7.71. The van der Waals surface area contributed by atoms with Gasteiger partial charge in [0.1, 0.15) is 18.1 Å². The summed E-state index contributed by atoms with van der Waals surface area (Å²) >= 11 is 5.82. The van der Waals surface area contributed by atoms with Gasteiger partial charge in [-0.1, -0.05) is 23.7 Å². The van der Waals surface area contributed by atoms with Crippen LogP contribution in [0.5, 0.6) is 11.5 Å². The third-order valence-corrected chi connectivity index (χ3v) is 3.32. The van der Waals surface area contributed by atoms with Gasteiger partial charge in [0.2, 0.25) is 0 Å². The molecule has 0 fully saturated rings. The fourth-order valence-corrected chi connectivity index (χ4v) is 1.95. The van der Waals surface area contributed by atoms with Gasteiger partial charge >= 0.3 is 0 Å². The number of ether oxygens (including phenoxy) is 2. The Bertz CT molecular complexity index is 611. The number of benzene rings is 2. The summed E-state index contributed by atoms with van der Waals surface area (Å²) in [6.45, 7) is 2.16. The zero-order valence-corrected chi connectivity index (χ0v) is 13.3. The summed E-state index contributed by atoms with van der Waals surface area (Å²) in [5.74, 6) is 1.25. The van der Waals surface area contributed by atoms with E-state index in [1.807, 2.05) is 36.4 Å². The molecule has 0 aromatic heterocycles. The highest BCUT2D eigenvalue weighted by molar-refractivity contribution is 6.30. The fraction of sp³-hybridized carbons (Fsp3) is 0.235. The first-order valence-corrected chi connectivity index (χ1v) is 7.32. The van der Waals surface area contributed by atoms with Crippen LogP contribution in [0.3, 0.4) is 0 Å². The molecule has 1 atom stereocenters. The van der Waals surface area contributed by atoms with Gasteiger partial charge in [0.25, 0.3) is 5.91 Å². The molecule has 1 amide bonds. The van der Waals surface area contributed by atoms with Crippen molar-refractivity contribution in [2.45, 2.75) is 19.6 Å². The lowest BCUT2D eigenvalue weighted by atomic mass is 10.2. The molecule has 0 aliphatic rings. The Labute approximate surface area is 135 Å². The van der Waals surface area contributed by atoms with Crippen molar-refractivity contribution in [1.82, 2.24) is 5.32 Å². The summed E-state index contributed by atoms with van der Waals surface area (Å²) in [6.07, 6.45) is -0.527. The largest absolute Gasteiger partial charge is 0.489 e. The van der Waals surface area contributed by atoms with Crippen LogP contribution < -0.4 is 14.8 Å². The van der Waals surface area contributed by atoms with E-state index in [-0.39, 0.29) is 5.91 Å². The maximum absolute atomic E-state index is 11.4. The minimum atomic E-state index is -0.527. The van der Waals surface area contributed by atoms with E-state index < -0.39 is 6.10 Å². The molecule has 4 nitrogen and oxygen atoms in total. The Morgan fingerprint density at radius 3 is 2.27 bits per heavy atom. The van der Waals surface area contributed by atoms with Gasteiger partial charge < -0.3 is 14.8 Å². The van der Waals surface area contributed by atoms with Crippen LogP contribution in [0.4, 0.5) is 0 Å². The molecule has 116 valence electrons. The molecule has 0 saturated heterocycles. The highest BCUT2D eigenvalue weighted by Crippen LogP contribution is 2.18. The summed E-state index contributed by atoms with van der Waals surface area (Å²) < 4.78 is 11.2. The van der Waals surface area contributed by atoms with Gasteiger partial charge in [0.15, 0.2) is 6.10 Å². The number of likely N-dealkylation sites (N-methyl/N-ethyl adjacent to an activating group) is 1. The molecule has 0 radical (unpaired) electrons. The molecule has 2 aromatic rings. The molecular formula is C17H18ClNO3. The van der Waals surface area contributed by atoms with E-state index in [0.717, 1.165) is 11.3 Å². The molecular weight excluding hydrogens is 302 g/mol. The van der Waals surface area contributed by atoms with Crippen LogP contribution in [0.1, 0.15) is 12.5 Å². The van der Waals surface area contributed by atoms with Crippen molar-refractivity contribution in [3.63, 3.8) is 0 Å². The van der Waals surface area contributed by atoms with Gasteiger partial charge in [-0.05, 0) is 48.9 Å². The third kappa shape index (κ3) is 4.67. The average molecular weight is 320 g/mol. The van der Waals surface area contributed by atoms with E-state index in [1.54, 1.807) is 26.1 Å². The van der Waals surface area contributed by atoms with Gasteiger partial charge in [-0.15, -0.1) is 0 Å². The van der Waals surface area contributed by atoms with Crippen molar-refractivity contribution in [3.05, 3.63) is 59.1 Å². The van der Waals surface area contributed by atoms with E-state index in [4.69, 9.17) is 21.1 Å². The molecule has 0 aliphatic heterocycles. The molecule has 2 rings (SSSR count). The summed E-state index contributed by atoms with van der Waals surface area (Å²) in [7, 11) is 1.58. The van der Waals surface area contributed by atoms with Crippen molar-refractivity contribution in [1.29, 1.82) is 0 Å². The second-order valence-electron chi connectivity index (χ2n) is 4.76. The molecule has 5 heteroatoms. The molecule has 0 saturated carbocycles. The number of carbonyl (C=O) groups excluding carboxylic acids is 1. The monoisotopic (exact) mass is 319 g/mol. The van der Waals surface area contributed by atoms with Gasteiger partial charge in [0.05, 0.1) is 0 Å². The summed E-state index contributed by atoms with van der Waals surface area (Å²) in [5, 5.41) is 3.23. The number of amides is 1. The van der Waals surface area contributed by atoms with Crippen molar-refractivity contribution < 1.29 is 14.3 Å². The van der Waals surface area contributed by atoms with Gasteiger partial charge in [-0.3, -0.25) is 4.79 Å². The minimum absolute atomic E-state index is 0.157. The Hall–Kier alpha value is -2.20. The SMILES string of the molecule is CNC(=O)C(C)Oc1ccc(COc2ccc(Cl)cc2)cc1. The van der Waals surface area contributed by atoms with Gasteiger partial charge in [-0.2, -0.15) is 0 Å². The van der Waals surface area contributed by atoms with Gasteiger partial charge in [0, 0.05) is 12.1 Å². The van der Waals surface area contributed by atoms with Crippen molar-refractivity contribution in [2.75, 3.05) is 7.05 Å². The van der Waals surface area contributed by atoms with Crippen LogP contribution in [-0.2, 0) is 11.4 Å². The van der Waals surface area contributed by atoms with E-state index in [1.165, 1.54) is 0 Å². The van der Waals surface area contributed by atoms with E-state index in [0.29, 0.717) is 17.4 Å². The highest BCUT2D eigenvalue weighted by Gasteiger charge is 2.12. The first-order valence-electron chi connectivity index (χ1n) is 6.94. The van der Waals surface area contributed by atoms with Crippen molar-refractivity contribution in [3.8, 4) is 11.5 Å².